The Morgan fingerprint density at radius 3 is 2.76 bits per heavy atom. The Hall–Kier alpha value is -3.42. The van der Waals surface area contributed by atoms with Crippen LogP contribution in [-0.2, 0) is 4.79 Å². The van der Waals surface area contributed by atoms with Gasteiger partial charge in [-0.15, -0.1) is 11.3 Å². The highest BCUT2D eigenvalue weighted by Gasteiger charge is 2.26. The van der Waals surface area contributed by atoms with Gasteiger partial charge in [0.25, 0.3) is 5.91 Å². The predicted molar refractivity (Wildman–Crippen MR) is 135 cm³/mol. The molecular weight excluding hydrogens is 470 g/mol. The van der Waals surface area contributed by atoms with Crippen molar-refractivity contribution in [2.24, 2.45) is 0 Å². The number of hydrogen-bond donors (Lipinski definition) is 0. The van der Waals surface area contributed by atoms with E-state index in [1.54, 1.807) is 34.6 Å². The second-order valence-corrected chi connectivity index (χ2v) is 9.07. The van der Waals surface area contributed by atoms with Gasteiger partial charge in [0.15, 0.2) is 6.61 Å². The molecule has 0 saturated heterocycles. The molecule has 1 aliphatic rings. The molecule has 3 heterocycles. The largest absolute Gasteiger partial charge is 0.494 e. The van der Waals surface area contributed by atoms with E-state index in [4.69, 9.17) is 26.1 Å². The van der Waals surface area contributed by atoms with E-state index in [1.807, 2.05) is 53.9 Å². The third kappa shape index (κ3) is 5.05. The van der Waals surface area contributed by atoms with Crippen molar-refractivity contribution in [3.05, 3.63) is 77.3 Å². The lowest BCUT2D eigenvalue weighted by Crippen LogP contribution is -2.39. The molecule has 34 heavy (non-hydrogen) atoms. The van der Waals surface area contributed by atoms with E-state index in [0.717, 1.165) is 46.2 Å². The number of ether oxygens (including phenoxy) is 2. The van der Waals surface area contributed by atoms with Gasteiger partial charge in [0.1, 0.15) is 16.5 Å². The fraction of sp³-hybridized carbons (Fsp3) is 0.192. The van der Waals surface area contributed by atoms with Gasteiger partial charge >= 0.3 is 0 Å². The van der Waals surface area contributed by atoms with Crippen molar-refractivity contribution in [2.75, 3.05) is 24.7 Å². The Morgan fingerprint density at radius 1 is 1.06 bits per heavy atom. The number of pyridine rings is 1. The van der Waals surface area contributed by atoms with Gasteiger partial charge in [-0.3, -0.25) is 9.78 Å². The van der Waals surface area contributed by atoms with Crippen LogP contribution < -0.4 is 14.4 Å². The van der Waals surface area contributed by atoms with Crippen LogP contribution in [-0.4, -0.2) is 35.6 Å². The highest BCUT2D eigenvalue weighted by Crippen LogP contribution is 2.37. The minimum absolute atomic E-state index is 0.0456. The number of anilines is 1. The highest BCUT2D eigenvalue weighted by atomic mass is 35.5. The van der Waals surface area contributed by atoms with Crippen LogP contribution in [0.4, 0.5) is 5.69 Å². The number of thiazole rings is 1. The quantitative estimate of drug-likeness (QED) is 0.278. The third-order valence-electron chi connectivity index (χ3n) is 5.44. The zero-order valence-electron chi connectivity index (χ0n) is 18.3. The first-order chi connectivity index (χ1) is 16.7. The maximum Gasteiger partial charge on any atom is 0.265 e. The maximum absolute atomic E-state index is 12.6. The molecule has 0 saturated carbocycles. The number of carbonyl (C=O) groups is 1. The fourth-order valence-electron chi connectivity index (χ4n) is 3.71. The van der Waals surface area contributed by atoms with E-state index >= 15 is 0 Å². The molecule has 0 fully saturated rings. The SMILES string of the molecule is O=C1COc2ccc(-c3csc(-c4ccccn4)n3)cc2N1CCCCOc1ccc(Cl)cc1. The first-order valence-electron chi connectivity index (χ1n) is 11.0. The van der Waals surface area contributed by atoms with Crippen molar-refractivity contribution < 1.29 is 14.3 Å². The first kappa shape index (κ1) is 22.4. The van der Waals surface area contributed by atoms with Crippen LogP contribution in [0.5, 0.6) is 11.5 Å². The molecule has 0 spiro atoms. The molecule has 0 bridgehead atoms. The molecule has 8 heteroatoms. The summed E-state index contributed by atoms with van der Waals surface area (Å²) in [7, 11) is 0. The number of fused-ring (bicyclic) bond motifs is 1. The molecule has 0 radical (unpaired) electrons. The van der Waals surface area contributed by atoms with Gasteiger partial charge in [-0.25, -0.2) is 4.98 Å². The molecule has 0 aliphatic carbocycles. The average molecular weight is 492 g/mol. The molecule has 1 amide bonds. The van der Waals surface area contributed by atoms with Gasteiger partial charge in [0.2, 0.25) is 0 Å². The fourth-order valence-corrected chi connectivity index (χ4v) is 4.64. The number of carbonyl (C=O) groups excluding carboxylic acids is 1. The lowest BCUT2D eigenvalue weighted by Gasteiger charge is -2.29. The maximum atomic E-state index is 12.6. The van der Waals surface area contributed by atoms with E-state index in [9.17, 15) is 4.79 Å². The number of aromatic nitrogens is 2. The number of amides is 1. The summed E-state index contributed by atoms with van der Waals surface area (Å²) in [5.74, 6) is 1.45. The van der Waals surface area contributed by atoms with Crippen LogP contribution in [0.25, 0.3) is 22.0 Å². The molecule has 2 aromatic carbocycles. The predicted octanol–water partition coefficient (Wildman–Crippen LogP) is 6.11. The standard InChI is InChI=1S/C26H22ClN3O3S/c27-19-7-9-20(10-8-19)32-14-4-3-13-30-23-15-18(6-11-24(23)33-16-25(30)31)22-17-34-26(29-22)21-5-1-2-12-28-21/h1-2,5-12,15,17H,3-4,13-14,16H2. The van der Waals surface area contributed by atoms with Crippen LogP contribution in [0.3, 0.4) is 0 Å². The molecule has 1 aliphatic heterocycles. The van der Waals surface area contributed by atoms with Crippen LogP contribution >= 0.6 is 22.9 Å². The van der Waals surface area contributed by atoms with E-state index in [0.29, 0.717) is 23.9 Å². The lowest BCUT2D eigenvalue weighted by molar-refractivity contribution is -0.121. The molecule has 0 N–H and O–H groups in total. The number of hydrogen-bond acceptors (Lipinski definition) is 6. The minimum Gasteiger partial charge on any atom is -0.494 e. The van der Waals surface area contributed by atoms with Crippen molar-refractivity contribution in [2.45, 2.75) is 12.8 Å². The second kappa shape index (κ2) is 10.2. The van der Waals surface area contributed by atoms with Gasteiger partial charge < -0.3 is 14.4 Å². The van der Waals surface area contributed by atoms with Crippen molar-refractivity contribution in [1.29, 1.82) is 0 Å². The first-order valence-corrected chi connectivity index (χ1v) is 12.3. The van der Waals surface area contributed by atoms with Gasteiger partial charge in [-0.1, -0.05) is 17.7 Å². The number of nitrogens with zero attached hydrogens (tertiary/aromatic N) is 3. The summed E-state index contributed by atoms with van der Waals surface area (Å²) in [5, 5.41) is 3.55. The van der Waals surface area contributed by atoms with Crippen molar-refractivity contribution in [3.8, 4) is 33.5 Å². The van der Waals surface area contributed by atoms with Crippen molar-refractivity contribution in [3.63, 3.8) is 0 Å². The van der Waals surface area contributed by atoms with E-state index < -0.39 is 0 Å². The summed E-state index contributed by atoms with van der Waals surface area (Å²) in [6.45, 7) is 1.22. The van der Waals surface area contributed by atoms with Gasteiger partial charge in [0, 0.05) is 28.7 Å². The van der Waals surface area contributed by atoms with Gasteiger partial charge in [-0.05, 0) is 67.4 Å². The molecule has 0 atom stereocenters. The normalized spacial score (nSPS) is 12.9. The van der Waals surface area contributed by atoms with E-state index in [1.165, 1.54) is 0 Å². The highest BCUT2D eigenvalue weighted by molar-refractivity contribution is 7.13. The summed E-state index contributed by atoms with van der Waals surface area (Å²) < 4.78 is 11.4. The Kier molecular flexibility index (Phi) is 6.74. The molecule has 0 unspecified atom stereocenters. The summed E-state index contributed by atoms with van der Waals surface area (Å²) in [6.07, 6.45) is 3.39. The summed E-state index contributed by atoms with van der Waals surface area (Å²) >= 11 is 7.45. The Morgan fingerprint density at radius 2 is 1.94 bits per heavy atom. The molecule has 2 aromatic heterocycles. The third-order valence-corrected chi connectivity index (χ3v) is 6.56. The summed E-state index contributed by atoms with van der Waals surface area (Å²) in [5.41, 5.74) is 3.41. The number of halogens is 1. The molecular formula is C26H22ClN3O3S. The topological polar surface area (TPSA) is 64.5 Å². The van der Waals surface area contributed by atoms with Crippen LogP contribution in [0.15, 0.2) is 72.2 Å². The summed E-state index contributed by atoms with van der Waals surface area (Å²) in [6, 6.07) is 19.0. The zero-order chi connectivity index (χ0) is 23.3. The van der Waals surface area contributed by atoms with Gasteiger partial charge in [-0.2, -0.15) is 0 Å². The zero-order valence-corrected chi connectivity index (χ0v) is 19.9. The lowest BCUT2D eigenvalue weighted by atomic mass is 10.1. The van der Waals surface area contributed by atoms with Crippen LogP contribution in [0.1, 0.15) is 12.8 Å². The minimum atomic E-state index is -0.0456. The Bertz CT molecular complexity index is 1280. The van der Waals surface area contributed by atoms with E-state index in [-0.39, 0.29) is 12.5 Å². The molecule has 5 rings (SSSR count). The Labute approximate surface area is 206 Å². The van der Waals surface area contributed by atoms with Crippen molar-refractivity contribution in [1.82, 2.24) is 9.97 Å². The van der Waals surface area contributed by atoms with Crippen molar-refractivity contribution >= 4 is 34.5 Å². The molecule has 4 aromatic rings. The van der Waals surface area contributed by atoms with Crippen LogP contribution in [0, 0.1) is 0 Å². The summed E-state index contributed by atoms with van der Waals surface area (Å²) in [4.78, 5) is 23.6. The monoisotopic (exact) mass is 491 g/mol. The number of unbranched alkanes of at least 4 members (excludes halogenated alkanes) is 1. The molecule has 6 nitrogen and oxygen atoms in total. The van der Waals surface area contributed by atoms with Gasteiger partial charge in [0.05, 0.1) is 23.7 Å². The Balaban J connectivity index is 1.26. The molecule has 172 valence electrons. The smallest absolute Gasteiger partial charge is 0.265 e. The number of rotatable bonds is 8. The number of benzene rings is 2. The second-order valence-electron chi connectivity index (χ2n) is 7.78. The average Bonchev–Trinajstić information content (AvgIpc) is 3.37. The van der Waals surface area contributed by atoms with E-state index in [2.05, 4.69) is 4.98 Å². The van der Waals surface area contributed by atoms with Crippen LogP contribution in [0.2, 0.25) is 5.02 Å².